The van der Waals surface area contributed by atoms with Crippen LogP contribution in [0.3, 0.4) is 0 Å². The summed E-state index contributed by atoms with van der Waals surface area (Å²) in [7, 11) is 0. The number of hydrogen-bond acceptors (Lipinski definition) is 2. The molecule has 2 fully saturated rings. The van der Waals surface area contributed by atoms with Gasteiger partial charge in [-0.3, -0.25) is 4.79 Å². The monoisotopic (exact) mass is 252 g/mol. The molecule has 3 heteroatoms. The summed E-state index contributed by atoms with van der Waals surface area (Å²) in [5, 5.41) is 3.41. The average molecular weight is 252 g/mol. The summed E-state index contributed by atoms with van der Waals surface area (Å²) in [6.07, 6.45) is 10.2. The van der Waals surface area contributed by atoms with Gasteiger partial charge in [0.25, 0.3) is 0 Å². The molecule has 1 amide bonds. The van der Waals surface area contributed by atoms with Crippen molar-refractivity contribution in [3.8, 4) is 0 Å². The highest BCUT2D eigenvalue weighted by atomic mass is 16.2. The number of amides is 1. The Morgan fingerprint density at radius 2 is 1.78 bits per heavy atom. The zero-order valence-corrected chi connectivity index (χ0v) is 11.8. The second kappa shape index (κ2) is 6.55. The fraction of sp³-hybridized carbons (Fsp3) is 0.933. The first-order chi connectivity index (χ1) is 8.76. The molecular formula is C15H28N2O. The lowest BCUT2D eigenvalue weighted by atomic mass is 9.67. The molecule has 3 nitrogen and oxygen atoms in total. The third-order valence-corrected chi connectivity index (χ3v) is 4.90. The molecular weight excluding hydrogens is 224 g/mol. The van der Waals surface area contributed by atoms with E-state index in [2.05, 4.69) is 17.1 Å². The van der Waals surface area contributed by atoms with Crippen LogP contribution in [0.2, 0.25) is 0 Å². The second-order valence-electron chi connectivity index (χ2n) is 6.11. The number of nitrogens with one attached hydrogen (secondary N) is 1. The lowest BCUT2D eigenvalue weighted by Gasteiger charge is -2.41. The minimum Gasteiger partial charge on any atom is -0.342 e. The van der Waals surface area contributed by atoms with Gasteiger partial charge in [-0.1, -0.05) is 26.2 Å². The van der Waals surface area contributed by atoms with Crippen molar-refractivity contribution >= 4 is 5.91 Å². The largest absolute Gasteiger partial charge is 0.342 e. The molecule has 1 aliphatic carbocycles. The van der Waals surface area contributed by atoms with Crippen LogP contribution >= 0.6 is 0 Å². The van der Waals surface area contributed by atoms with Crippen molar-refractivity contribution in [3.63, 3.8) is 0 Å². The number of hydrogen-bond donors (Lipinski definition) is 1. The summed E-state index contributed by atoms with van der Waals surface area (Å²) < 4.78 is 0. The Kier molecular flexibility index (Phi) is 5.04. The van der Waals surface area contributed by atoms with Crippen LogP contribution in [-0.2, 0) is 4.79 Å². The van der Waals surface area contributed by atoms with Gasteiger partial charge in [-0.2, -0.15) is 0 Å². The van der Waals surface area contributed by atoms with Gasteiger partial charge < -0.3 is 10.2 Å². The van der Waals surface area contributed by atoms with Gasteiger partial charge in [-0.05, 0) is 37.5 Å². The summed E-state index contributed by atoms with van der Waals surface area (Å²) in [5.74, 6) is 0.308. The number of nitrogens with zero attached hydrogens (tertiary/aromatic N) is 1. The maximum absolute atomic E-state index is 12.1. The molecule has 0 atom stereocenters. The van der Waals surface area contributed by atoms with E-state index in [4.69, 9.17) is 0 Å². The highest BCUT2D eigenvalue weighted by molar-refractivity contribution is 5.78. The van der Waals surface area contributed by atoms with Gasteiger partial charge in [0.15, 0.2) is 0 Å². The Balaban J connectivity index is 1.67. The van der Waals surface area contributed by atoms with E-state index in [9.17, 15) is 4.79 Å². The Morgan fingerprint density at radius 1 is 1.11 bits per heavy atom. The fourth-order valence-corrected chi connectivity index (χ4v) is 3.20. The molecule has 0 aromatic rings. The Labute approximate surface area is 111 Å². The number of likely N-dealkylation sites (tertiary alicyclic amines) is 1. The van der Waals surface area contributed by atoms with Crippen LogP contribution in [0.4, 0.5) is 0 Å². The van der Waals surface area contributed by atoms with E-state index in [1.54, 1.807) is 0 Å². The smallest absolute Gasteiger partial charge is 0.236 e. The normalized spacial score (nSPS) is 23.3. The van der Waals surface area contributed by atoms with Crippen molar-refractivity contribution in [3.05, 3.63) is 0 Å². The van der Waals surface area contributed by atoms with Crippen molar-refractivity contribution in [2.45, 2.75) is 58.3 Å². The molecule has 0 aromatic carbocycles. The molecule has 104 valence electrons. The molecule has 1 saturated heterocycles. The molecule has 0 bridgehead atoms. The predicted molar refractivity (Wildman–Crippen MR) is 74.5 cm³/mol. The maximum atomic E-state index is 12.1. The summed E-state index contributed by atoms with van der Waals surface area (Å²) in [5.41, 5.74) is 0.513. The molecule has 1 heterocycles. The van der Waals surface area contributed by atoms with Gasteiger partial charge in [0.1, 0.15) is 0 Å². The summed E-state index contributed by atoms with van der Waals surface area (Å²) in [6, 6.07) is 0. The molecule has 0 aromatic heterocycles. The van der Waals surface area contributed by atoms with Crippen molar-refractivity contribution in [2.75, 3.05) is 26.2 Å². The molecule has 0 unspecified atom stereocenters. The average Bonchev–Trinajstić information content (AvgIpc) is 2.61. The van der Waals surface area contributed by atoms with Gasteiger partial charge in [0, 0.05) is 19.6 Å². The maximum Gasteiger partial charge on any atom is 0.236 e. The van der Waals surface area contributed by atoms with Crippen LogP contribution in [0, 0.1) is 5.41 Å². The van der Waals surface area contributed by atoms with Crippen molar-refractivity contribution in [1.82, 2.24) is 10.2 Å². The Morgan fingerprint density at radius 3 is 2.28 bits per heavy atom. The van der Waals surface area contributed by atoms with Crippen LogP contribution < -0.4 is 5.32 Å². The first kappa shape index (κ1) is 13.9. The van der Waals surface area contributed by atoms with Crippen molar-refractivity contribution < 1.29 is 4.79 Å². The van der Waals surface area contributed by atoms with E-state index in [-0.39, 0.29) is 0 Å². The number of carbonyl (C=O) groups is 1. The Hall–Kier alpha value is -0.570. The molecule has 1 N–H and O–H groups in total. The van der Waals surface area contributed by atoms with E-state index in [1.165, 1.54) is 51.4 Å². The van der Waals surface area contributed by atoms with Gasteiger partial charge >= 0.3 is 0 Å². The molecule has 1 aliphatic heterocycles. The van der Waals surface area contributed by atoms with Crippen LogP contribution in [0.1, 0.15) is 58.3 Å². The topological polar surface area (TPSA) is 32.3 Å². The van der Waals surface area contributed by atoms with Gasteiger partial charge in [0.05, 0.1) is 6.54 Å². The quantitative estimate of drug-likeness (QED) is 0.815. The Bertz CT molecular complexity index is 260. The van der Waals surface area contributed by atoms with Crippen LogP contribution in [0.15, 0.2) is 0 Å². The summed E-state index contributed by atoms with van der Waals surface area (Å²) in [6.45, 7) is 5.79. The van der Waals surface area contributed by atoms with E-state index in [0.717, 1.165) is 19.6 Å². The molecule has 1 saturated carbocycles. The minimum atomic E-state index is 0.308. The van der Waals surface area contributed by atoms with E-state index in [1.807, 2.05) is 0 Å². The zero-order chi connectivity index (χ0) is 12.8. The highest BCUT2D eigenvalue weighted by Gasteiger charge is 2.34. The molecule has 0 spiro atoms. The van der Waals surface area contributed by atoms with Crippen LogP contribution in [-0.4, -0.2) is 37.0 Å². The van der Waals surface area contributed by atoms with Crippen molar-refractivity contribution in [2.24, 2.45) is 5.41 Å². The number of rotatable bonds is 5. The predicted octanol–water partition coefficient (Wildman–Crippen LogP) is 2.56. The van der Waals surface area contributed by atoms with E-state index in [0.29, 0.717) is 17.9 Å². The first-order valence-corrected chi connectivity index (χ1v) is 7.74. The van der Waals surface area contributed by atoms with Gasteiger partial charge in [-0.25, -0.2) is 0 Å². The SMILES string of the molecule is CCC1(CNCC(=O)N2CCCCCC2)CCC1. The molecule has 2 rings (SSSR count). The standard InChI is InChI=1S/C15H28N2O/c1-2-15(8-7-9-15)13-16-12-14(18)17-10-5-3-4-6-11-17/h16H,2-13H2,1H3. The fourth-order valence-electron chi connectivity index (χ4n) is 3.20. The molecule has 2 aliphatic rings. The highest BCUT2D eigenvalue weighted by Crippen LogP contribution is 2.42. The molecule has 0 radical (unpaired) electrons. The van der Waals surface area contributed by atoms with Crippen LogP contribution in [0.5, 0.6) is 0 Å². The van der Waals surface area contributed by atoms with Gasteiger partial charge in [-0.15, -0.1) is 0 Å². The minimum absolute atomic E-state index is 0.308. The lowest BCUT2D eigenvalue weighted by molar-refractivity contribution is -0.130. The number of carbonyl (C=O) groups excluding carboxylic acids is 1. The van der Waals surface area contributed by atoms with Crippen molar-refractivity contribution in [1.29, 1.82) is 0 Å². The van der Waals surface area contributed by atoms with Gasteiger partial charge in [0.2, 0.25) is 5.91 Å². The van der Waals surface area contributed by atoms with E-state index < -0.39 is 0 Å². The summed E-state index contributed by atoms with van der Waals surface area (Å²) in [4.78, 5) is 14.1. The summed E-state index contributed by atoms with van der Waals surface area (Å²) >= 11 is 0. The first-order valence-electron chi connectivity index (χ1n) is 7.74. The third-order valence-electron chi connectivity index (χ3n) is 4.90. The van der Waals surface area contributed by atoms with Crippen LogP contribution in [0.25, 0.3) is 0 Å². The lowest BCUT2D eigenvalue weighted by Crippen LogP contribution is -2.44. The second-order valence-corrected chi connectivity index (χ2v) is 6.11. The third kappa shape index (κ3) is 3.47. The van der Waals surface area contributed by atoms with E-state index >= 15 is 0 Å². The molecule has 18 heavy (non-hydrogen) atoms. The zero-order valence-electron chi connectivity index (χ0n) is 11.8.